The molecule has 0 bridgehead atoms. The molecule has 0 saturated heterocycles. The van der Waals surface area contributed by atoms with Crippen molar-refractivity contribution in [1.29, 1.82) is 0 Å². The molecule has 1 amide bonds. The topological polar surface area (TPSA) is 93.7 Å². The summed E-state index contributed by atoms with van der Waals surface area (Å²) in [4.78, 5) is 34.1. The average Bonchev–Trinajstić information content (AvgIpc) is 2.84. The van der Waals surface area contributed by atoms with Crippen LogP contribution in [0.5, 0.6) is 11.5 Å². The molecule has 1 aromatic heterocycles. The lowest BCUT2D eigenvalue weighted by Crippen LogP contribution is -2.33. The van der Waals surface area contributed by atoms with Gasteiger partial charge in [-0.25, -0.2) is 4.98 Å². The monoisotopic (exact) mass is 449 g/mol. The van der Waals surface area contributed by atoms with Gasteiger partial charge in [0, 0.05) is 19.7 Å². The molecule has 0 unspecified atom stereocenters. The van der Waals surface area contributed by atoms with E-state index in [1.165, 1.54) is 6.08 Å². The second kappa shape index (κ2) is 11.6. The minimum Gasteiger partial charge on any atom is -0.493 e. The molecule has 2 aromatic carbocycles. The van der Waals surface area contributed by atoms with Crippen LogP contribution in [0.4, 0.5) is 0 Å². The van der Waals surface area contributed by atoms with Crippen LogP contribution in [-0.4, -0.2) is 54.8 Å². The molecule has 0 saturated carbocycles. The van der Waals surface area contributed by atoms with Gasteiger partial charge in [0.2, 0.25) is 5.91 Å². The fourth-order valence-electron chi connectivity index (χ4n) is 3.19. The molecule has 172 valence electrons. The number of hydrogen-bond donors (Lipinski definition) is 1. The summed E-state index contributed by atoms with van der Waals surface area (Å²) in [5, 5.41) is 0.505. The molecule has 0 atom stereocenters. The van der Waals surface area contributed by atoms with Crippen molar-refractivity contribution in [3.05, 3.63) is 82.9 Å². The highest BCUT2D eigenvalue weighted by Gasteiger charge is 2.14. The molecule has 0 aliphatic carbocycles. The van der Waals surface area contributed by atoms with Crippen molar-refractivity contribution in [3.8, 4) is 11.5 Å². The summed E-state index contributed by atoms with van der Waals surface area (Å²) < 4.78 is 16.1. The molecular formula is C25H27N3O5. The maximum Gasteiger partial charge on any atom is 0.258 e. The van der Waals surface area contributed by atoms with E-state index in [-0.39, 0.29) is 18.0 Å². The van der Waals surface area contributed by atoms with Gasteiger partial charge >= 0.3 is 0 Å². The molecule has 1 heterocycles. The number of methoxy groups -OCH3 is 2. The van der Waals surface area contributed by atoms with Crippen molar-refractivity contribution in [3.63, 3.8) is 0 Å². The standard InChI is InChI=1S/C25H27N3O5/c1-4-14-33-21-11-9-18(16-22(21)32-3)10-12-24(29)28(13-15-31-2)17-23-26-20-8-6-5-7-19(20)25(30)27-23/h4-12,16H,1,13-15,17H2,2-3H3,(H,26,27,30)/b12-10+. The average molecular weight is 450 g/mol. The highest BCUT2D eigenvalue weighted by atomic mass is 16.5. The summed E-state index contributed by atoms with van der Waals surface area (Å²) in [6, 6.07) is 12.5. The third kappa shape index (κ3) is 6.30. The number of amides is 1. The zero-order chi connectivity index (χ0) is 23.6. The lowest BCUT2D eigenvalue weighted by atomic mass is 10.2. The molecule has 8 heteroatoms. The highest BCUT2D eigenvalue weighted by Crippen LogP contribution is 2.28. The quantitative estimate of drug-likeness (QED) is 0.357. The Hall–Kier alpha value is -3.91. The first-order valence-corrected chi connectivity index (χ1v) is 10.4. The van der Waals surface area contributed by atoms with Crippen LogP contribution in [0.3, 0.4) is 0 Å². The van der Waals surface area contributed by atoms with Crippen LogP contribution < -0.4 is 15.0 Å². The molecular weight excluding hydrogens is 422 g/mol. The Morgan fingerprint density at radius 2 is 2.00 bits per heavy atom. The van der Waals surface area contributed by atoms with Gasteiger partial charge in [-0.05, 0) is 35.9 Å². The van der Waals surface area contributed by atoms with Gasteiger partial charge in [-0.3, -0.25) is 9.59 Å². The number of fused-ring (bicyclic) bond motifs is 1. The van der Waals surface area contributed by atoms with Crippen molar-refractivity contribution in [2.75, 3.05) is 34.0 Å². The Balaban J connectivity index is 1.79. The lowest BCUT2D eigenvalue weighted by Gasteiger charge is -2.20. The van der Waals surface area contributed by atoms with Gasteiger partial charge in [-0.2, -0.15) is 0 Å². The van der Waals surface area contributed by atoms with Crippen LogP contribution in [-0.2, 0) is 16.1 Å². The summed E-state index contributed by atoms with van der Waals surface area (Å²) in [5.41, 5.74) is 1.11. The van der Waals surface area contributed by atoms with Gasteiger partial charge in [-0.1, -0.05) is 30.9 Å². The molecule has 0 aliphatic heterocycles. The van der Waals surface area contributed by atoms with Crippen molar-refractivity contribution >= 4 is 22.9 Å². The van der Waals surface area contributed by atoms with E-state index in [0.29, 0.717) is 48.0 Å². The number of nitrogens with zero attached hydrogens (tertiary/aromatic N) is 2. The summed E-state index contributed by atoms with van der Waals surface area (Å²) in [5.74, 6) is 1.31. The number of carbonyl (C=O) groups is 1. The summed E-state index contributed by atoms with van der Waals surface area (Å²) in [7, 11) is 3.12. The largest absolute Gasteiger partial charge is 0.493 e. The normalized spacial score (nSPS) is 11.0. The number of rotatable bonds is 11. The van der Waals surface area contributed by atoms with E-state index in [9.17, 15) is 9.59 Å². The summed E-state index contributed by atoms with van der Waals surface area (Å²) in [6.07, 6.45) is 4.81. The number of para-hydroxylation sites is 1. The minimum absolute atomic E-state index is 0.143. The summed E-state index contributed by atoms with van der Waals surface area (Å²) in [6.45, 7) is 4.83. The zero-order valence-electron chi connectivity index (χ0n) is 18.7. The minimum atomic E-state index is -0.242. The van der Waals surface area contributed by atoms with E-state index in [1.54, 1.807) is 61.6 Å². The SMILES string of the molecule is C=CCOc1ccc(/C=C/C(=O)N(CCOC)Cc2nc3ccccc3c(=O)[nH]2)cc1OC. The molecule has 3 rings (SSSR count). The summed E-state index contributed by atoms with van der Waals surface area (Å²) >= 11 is 0. The Morgan fingerprint density at radius 3 is 2.76 bits per heavy atom. The van der Waals surface area contributed by atoms with E-state index >= 15 is 0 Å². The van der Waals surface area contributed by atoms with Crippen LogP contribution >= 0.6 is 0 Å². The van der Waals surface area contributed by atoms with Gasteiger partial charge in [0.25, 0.3) is 5.56 Å². The van der Waals surface area contributed by atoms with Crippen LogP contribution in [0.25, 0.3) is 17.0 Å². The molecule has 3 aromatic rings. The Labute approximate surface area is 192 Å². The van der Waals surface area contributed by atoms with E-state index in [0.717, 1.165) is 5.56 Å². The first-order chi connectivity index (χ1) is 16.0. The molecule has 8 nitrogen and oxygen atoms in total. The third-order valence-electron chi connectivity index (χ3n) is 4.84. The van der Waals surface area contributed by atoms with Gasteiger partial charge in [0.1, 0.15) is 12.4 Å². The van der Waals surface area contributed by atoms with E-state index in [2.05, 4.69) is 16.5 Å². The number of ether oxygens (including phenoxy) is 3. The van der Waals surface area contributed by atoms with Gasteiger partial charge in [0.05, 0.1) is 31.2 Å². The van der Waals surface area contributed by atoms with Gasteiger partial charge < -0.3 is 24.1 Å². The van der Waals surface area contributed by atoms with Gasteiger partial charge in [-0.15, -0.1) is 0 Å². The second-order valence-electron chi connectivity index (χ2n) is 7.13. The second-order valence-corrected chi connectivity index (χ2v) is 7.13. The fraction of sp³-hybridized carbons (Fsp3) is 0.240. The fourth-order valence-corrected chi connectivity index (χ4v) is 3.19. The molecule has 0 spiro atoms. The van der Waals surface area contributed by atoms with Gasteiger partial charge in [0.15, 0.2) is 11.5 Å². The van der Waals surface area contributed by atoms with Crippen molar-refractivity contribution in [2.24, 2.45) is 0 Å². The Bertz CT molecular complexity index is 1200. The smallest absolute Gasteiger partial charge is 0.258 e. The Kier molecular flexibility index (Phi) is 8.37. The number of nitrogens with one attached hydrogen (secondary N) is 1. The number of H-pyrrole nitrogens is 1. The molecule has 33 heavy (non-hydrogen) atoms. The van der Waals surface area contributed by atoms with Crippen LogP contribution in [0.2, 0.25) is 0 Å². The van der Waals surface area contributed by atoms with Crippen LogP contribution in [0.1, 0.15) is 11.4 Å². The predicted molar refractivity (Wildman–Crippen MR) is 127 cm³/mol. The zero-order valence-corrected chi connectivity index (χ0v) is 18.7. The first-order valence-electron chi connectivity index (χ1n) is 10.4. The van der Waals surface area contributed by atoms with Crippen molar-refractivity contribution < 1.29 is 19.0 Å². The molecule has 1 N–H and O–H groups in total. The third-order valence-corrected chi connectivity index (χ3v) is 4.84. The number of hydrogen-bond acceptors (Lipinski definition) is 6. The van der Waals surface area contributed by atoms with Crippen molar-refractivity contribution in [1.82, 2.24) is 14.9 Å². The number of aromatic nitrogens is 2. The lowest BCUT2D eigenvalue weighted by molar-refractivity contribution is -0.127. The first kappa shape index (κ1) is 23.7. The van der Waals surface area contributed by atoms with E-state index in [4.69, 9.17) is 14.2 Å². The predicted octanol–water partition coefficient (Wildman–Crippen LogP) is 3.18. The molecule has 0 radical (unpaired) electrons. The highest BCUT2D eigenvalue weighted by molar-refractivity contribution is 5.91. The Morgan fingerprint density at radius 1 is 1.18 bits per heavy atom. The van der Waals surface area contributed by atoms with Crippen LogP contribution in [0.15, 0.2) is 66.0 Å². The maximum atomic E-state index is 12.9. The number of aromatic amines is 1. The molecule has 0 fully saturated rings. The van der Waals surface area contributed by atoms with E-state index < -0.39 is 0 Å². The van der Waals surface area contributed by atoms with E-state index in [1.807, 2.05) is 12.1 Å². The molecule has 0 aliphatic rings. The maximum absolute atomic E-state index is 12.9. The van der Waals surface area contributed by atoms with Crippen molar-refractivity contribution in [2.45, 2.75) is 6.54 Å². The number of benzene rings is 2. The van der Waals surface area contributed by atoms with Crippen LogP contribution in [0, 0.1) is 0 Å². The number of carbonyl (C=O) groups excluding carboxylic acids is 1.